The van der Waals surface area contributed by atoms with Crippen molar-refractivity contribution in [2.45, 2.75) is 59.5 Å². The van der Waals surface area contributed by atoms with Crippen molar-refractivity contribution < 1.29 is 0 Å². The number of rotatable bonds is 4. The molecular formula is C12H26N2. The monoisotopic (exact) mass is 198 g/mol. The van der Waals surface area contributed by atoms with Crippen LogP contribution in [0.5, 0.6) is 0 Å². The Morgan fingerprint density at radius 1 is 1.29 bits per heavy atom. The van der Waals surface area contributed by atoms with Crippen LogP contribution in [0.1, 0.15) is 48.0 Å². The molecular weight excluding hydrogens is 172 g/mol. The molecule has 0 amide bonds. The fourth-order valence-electron chi connectivity index (χ4n) is 1.42. The van der Waals surface area contributed by atoms with Crippen molar-refractivity contribution in [2.24, 2.45) is 16.6 Å². The molecule has 1 saturated carbocycles. The molecule has 1 fully saturated rings. The summed E-state index contributed by atoms with van der Waals surface area (Å²) in [5.41, 5.74) is 6.67. The molecule has 1 atom stereocenters. The van der Waals surface area contributed by atoms with Crippen molar-refractivity contribution in [1.29, 1.82) is 0 Å². The maximum Gasteiger partial charge on any atom is 0.0161 e. The Morgan fingerprint density at radius 3 is 2.00 bits per heavy atom. The van der Waals surface area contributed by atoms with Crippen molar-refractivity contribution in [3.05, 3.63) is 0 Å². The van der Waals surface area contributed by atoms with Crippen LogP contribution in [-0.2, 0) is 0 Å². The van der Waals surface area contributed by atoms with Crippen LogP contribution in [0.3, 0.4) is 0 Å². The first-order chi connectivity index (χ1) is 6.06. The van der Waals surface area contributed by atoms with Gasteiger partial charge in [0.05, 0.1) is 0 Å². The van der Waals surface area contributed by atoms with Crippen molar-refractivity contribution in [3.63, 3.8) is 0 Å². The second-order valence-electron chi connectivity index (χ2n) is 6.73. The lowest BCUT2D eigenvalue weighted by Crippen LogP contribution is -2.52. The number of hydrogen-bond acceptors (Lipinski definition) is 2. The standard InChI is InChI=1S/C12H26N2/c1-10(2)7-9(10)14-8-11(3,4)12(5,6)13/h9,14H,7-8,13H2,1-6H3. The van der Waals surface area contributed by atoms with E-state index in [1.54, 1.807) is 0 Å². The van der Waals surface area contributed by atoms with Crippen molar-refractivity contribution in [1.82, 2.24) is 5.32 Å². The number of hydrogen-bond donors (Lipinski definition) is 2. The Kier molecular flexibility index (Phi) is 2.75. The fourth-order valence-corrected chi connectivity index (χ4v) is 1.42. The molecule has 1 unspecified atom stereocenters. The van der Waals surface area contributed by atoms with Gasteiger partial charge in [0.2, 0.25) is 0 Å². The van der Waals surface area contributed by atoms with Crippen LogP contribution in [0.15, 0.2) is 0 Å². The summed E-state index contributed by atoms with van der Waals surface area (Å²) in [6, 6.07) is 0.698. The zero-order chi connectivity index (χ0) is 11.2. The summed E-state index contributed by atoms with van der Waals surface area (Å²) in [7, 11) is 0. The van der Waals surface area contributed by atoms with Gasteiger partial charge in [-0.25, -0.2) is 0 Å². The summed E-state index contributed by atoms with van der Waals surface area (Å²) in [4.78, 5) is 0. The maximum absolute atomic E-state index is 6.15. The van der Waals surface area contributed by atoms with Gasteiger partial charge in [-0.3, -0.25) is 0 Å². The topological polar surface area (TPSA) is 38.0 Å². The summed E-state index contributed by atoms with van der Waals surface area (Å²) >= 11 is 0. The van der Waals surface area contributed by atoms with E-state index in [-0.39, 0.29) is 11.0 Å². The van der Waals surface area contributed by atoms with Crippen LogP contribution in [0, 0.1) is 10.8 Å². The van der Waals surface area contributed by atoms with Crippen molar-refractivity contribution in [3.8, 4) is 0 Å². The highest BCUT2D eigenvalue weighted by atomic mass is 15.0. The Morgan fingerprint density at radius 2 is 1.71 bits per heavy atom. The van der Waals surface area contributed by atoms with E-state index in [1.165, 1.54) is 6.42 Å². The molecule has 3 N–H and O–H groups in total. The SMILES string of the molecule is CC1(C)CC1NCC(C)(C)C(C)(C)N. The van der Waals surface area contributed by atoms with Gasteiger partial charge in [-0.2, -0.15) is 0 Å². The van der Waals surface area contributed by atoms with Crippen LogP contribution >= 0.6 is 0 Å². The average Bonchev–Trinajstić information content (AvgIpc) is 2.53. The Balaban J connectivity index is 2.38. The molecule has 0 saturated heterocycles. The van der Waals surface area contributed by atoms with Gasteiger partial charge in [-0.1, -0.05) is 27.7 Å². The molecule has 0 bridgehead atoms. The van der Waals surface area contributed by atoms with Crippen LogP contribution in [0.25, 0.3) is 0 Å². The van der Waals surface area contributed by atoms with Gasteiger partial charge in [0.1, 0.15) is 0 Å². The van der Waals surface area contributed by atoms with E-state index >= 15 is 0 Å². The average molecular weight is 198 g/mol. The normalized spacial score (nSPS) is 26.4. The molecule has 2 heteroatoms. The van der Waals surface area contributed by atoms with E-state index in [4.69, 9.17) is 5.73 Å². The summed E-state index contributed by atoms with van der Waals surface area (Å²) in [6.45, 7) is 14.3. The zero-order valence-corrected chi connectivity index (χ0v) is 10.6. The van der Waals surface area contributed by atoms with Crippen molar-refractivity contribution in [2.75, 3.05) is 6.54 Å². The molecule has 0 aromatic carbocycles. The second-order valence-corrected chi connectivity index (χ2v) is 6.73. The predicted molar refractivity (Wildman–Crippen MR) is 62.2 cm³/mol. The molecule has 1 aliphatic rings. The van der Waals surface area contributed by atoms with Crippen LogP contribution in [-0.4, -0.2) is 18.1 Å². The first-order valence-electron chi connectivity index (χ1n) is 5.58. The quantitative estimate of drug-likeness (QED) is 0.726. The van der Waals surface area contributed by atoms with Gasteiger partial charge in [-0.05, 0) is 31.1 Å². The van der Waals surface area contributed by atoms with E-state index in [2.05, 4.69) is 46.9 Å². The molecule has 2 nitrogen and oxygen atoms in total. The molecule has 0 aliphatic heterocycles. The maximum atomic E-state index is 6.15. The van der Waals surface area contributed by atoms with Gasteiger partial charge in [-0.15, -0.1) is 0 Å². The lowest BCUT2D eigenvalue weighted by Gasteiger charge is -2.39. The minimum absolute atomic E-state index is 0.126. The van der Waals surface area contributed by atoms with E-state index in [1.807, 2.05) is 0 Å². The lowest BCUT2D eigenvalue weighted by atomic mass is 9.75. The molecule has 0 spiro atoms. The first-order valence-corrected chi connectivity index (χ1v) is 5.58. The highest BCUT2D eigenvalue weighted by Crippen LogP contribution is 2.45. The van der Waals surface area contributed by atoms with E-state index in [9.17, 15) is 0 Å². The lowest BCUT2D eigenvalue weighted by molar-refractivity contribution is 0.192. The highest BCUT2D eigenvalue weighted by Gasteiger charge is 2.46. The smallest absolute Gasteiger partial charge is 0.0161 e. The molecule has 1 rings (SSSR count). The fraction of sp³-hybridized carbons (Fsp3) is 1.00. The third kappa shape index (κ3) is 2.48. The molecule has 0 radical (unpaired) electrons. The molecule has 1 aliphatic carbocycles. The highest BCUT2D eigenvalue weighted by molar-refractivity contribution is 5.03. The molecule has 0 heterocycles. The third-order valence-corrected chi connectivity index (χ3v) is 4.05. The van der Waals surface area contributed by atoms with Crippen LogP contribution in [0.4, 0.5) is 0 Å². The van der Waals surface area contributed by atoms with Gasteiger partial charge >= 0.3 is 0 Å². The Hall–Kier alpha value is -0.0800. The number of nitrogens with one attached hydrogen (secondary N) is 1. The number of nitrogens with two attached hydrogens (primary N) is 1. The molecule has 0 aromatic heterocycles. The molecule has 14 heavy (non-hydrogen) atoms. The minimum atomic E-state index is -0.126. The first kappa shape index (κ1) is 12.0. The van der Waals surface area contributed by atoms with Gasteiger partial charge < -0.3 is 11.1 Å². The molecule has 0 aromatic rings. The summed E-state index contributed by atoms with van der Waals surface area (Å²) in [5, 5.41) is 3.61. The van der Waals surface area contributed by atoms with E-state index < -0.39 is 0 Å². The van der Waals surface area contributed by atoms with E-state index in [0.29, 0.717) is 11.5 Å². The van der Waals surface area contributed by atoms with Crippen molar-refractivity contribution >= 4 is 0 Å². The van der Waals surface area contributed by atoms with Crippen LogP contribution in [0.2, 0.25) is 0 Å². The summed E-state index contributed by atoms with van der Waals surface area (Å²) < 4.78 is 0. The largest absolute Gasteiger partial charge is 0.325 e. The molecule has 84 valence electrons. The zero-order valence-electron chi connectivity index (χ0n) is 10.6. The van der Waals surface area contributed by atoms with E-state index in [0.717, 1.165) is 6.54 Å². The predicted octanol–water partition coefficient (Wildman–Crippen LogP) is 2.14. The van der Waals surface area contributed by atoms with Gasteiger partial charge in [0, 0.05) is 18.1 Å². The summed E-state index contributed by atoms with van der Waals surface area (Å²) in [5.74, 6) is 0. The summed E-state index contributed by atoms with van der Waals surface area (Å²) in [6.07, 6.45) is 1.30. The van der Waals surface area contributed by atoms with Gasteiger partial charge in [0.25, 0.3) is 0 Å². The minimum Gasteiger partial charge on any atom is -0.325 e. The second kappa shape index (κ2) is 3.21. The Bertz CT molecular complexity index is 211. The third-order valence-electron chi connectivity index (χ3n) is 4.05. The Labute approximate surface area is 88.6 Å². The van der Waals surface area contributed by atoms with Gasteiger partial charge in [0.15, 0.2) is 0 Å². The van der Waals surface area contributed by atoms with Crippen LogP contribution < -0.4 is 11.1 Å².